The average molecular weight is 391 g/mol. The van der Waals surface area contributed by atoms with Crippen molar-refractivity contribution in [3.8, 4) is 12.1 Å². The first-order valence-corrected chi connectivity index (χ1v) is 10.0. The highest BCUT2D eigenvalue weighted by atomic mass is 16.2. The van der Waals surface area contributed by atoms with Gasteiger partial charge in [0.25, 0.3) is 0 Å². The van der Waals surface area contributed by atoms with E-state index >= 15 is 0 Å². The minimum Gasteiger partial charge on any atom is -0.356 e. The van der Waals surface area contributed by atoms with Gasteiger partial charge in [0, 0.05) is 25.9 Å². The minimum atomic E-state index is -1.19. The number of unbranched alkanes of at least 4 members (excludes halogenated alkanes) is 2. The van der Waals surface area contributed by atoms with Crippen LogP contribution >= 0.6 is 0 Å². The molecule has 156 valence electrons. The number of rotatable bonds is 14. The van der Waals surface area contributed by atoms with E-state index in [0.29, 0.717) is 13.1 Å². The number of carbonyl (C=O) groups excluding carboxylic acids is 2. The van der Waals surface area contributed by atoms with Gasteiger partial charge in [0.05, 0.1) is 12.1 Å². The summed E-state index contributed by atoms with van der Waals surface area (Å²) in [6.45, 7) is 8.50. The molecule has 0 radical (unpaired) electrons. The van der Waals surface area contributed by atoms with E-state index in [1.807, 2.05) is 13.8 Å². The standard InChI is InChI=1S/C20H34N6O2/c1-5-7-13-23-17(27)9-11-19(3,15-21)25-26-20(4,16-22)12-10-18(28)24-14-8-6-2/h5-14H2,1-4H3,(H,23,27)(H,24,28). The third kappa shape index (κ3) is 11.3. The maximum atomic E-state index is 11.8. The Balaban J connectivity index is 4.71. The van der Waals surface area contributed by atoms with Crippen molar-refractivity contribution >= 4 is 11.8 Å². The number of nitrogens with one attached hydrogen (secondary N) is 2. The zero-order chi connectivity index (χ0) is 21.5. The lowest BCUT2D eigenvalue weighted by Gasteiger charge is -2.19. The van der Waals surface area contributed by atoms with Gasteiger partial charge < -0.3 is 10.6 Å². The van der Waals surface area contributed by atoms with Crippen LogP contribution in [0.3, 0.4) is 0 Å². The topological polar surface area (TPSA) is 130 Å². The maximum Gasteiger partial charge on any atom is 0.220 e. The summed E-state index contributed by atoms with van der Waals surface area (Å²) in [6, 6.07) is 4.14. The second kappa shape index (κ2) is 13.7. The molecule has 0 aliphatic carbocycles. The third-order valence-corrected chi connectivity index (χ3v) is 4.36. The quantitative estimate of drug-likeness (QED) is 0.347. The van der Waals surface area contributed by atoms with E-state index in [1.54, 1.807) is 13.8 Å². The molecule has 2 amide bonds. The summed E-state index contributed by atoms with van der Waals surface area (Å²) in [7, 11) is 0. The largest absolute Gasteiger partial charge is 0.356 e. The Labute approximate surface area is 168 Å². The Morgan fingerprint density at radius 2 is 1.18 bits per heavy atom. The molecular weight excluding hydrogens is 356 g/mol. The molecule has 8 nitrogen and oxygen atoms in total. The summed E-state index contributed by atoms with van der Waals surface area (Å²) in [5.41, 5.74) is -2.38. The van der Waals surface area contributed by atoms with Gasteiger partial charge >= 0.3 is 0 Å². The summed E-state index contributed by atoms with van der Waals surface area (Å²) >= 11 is 0. The second-order valence-electron chi connectivity index (χ2n) is 7.38. The van der Waals surface area contributed by atoms with Gasteiger partial charge in [0.15, 0.2) is 11.1 Å². The van der Waals surface area contributed by atoms with Gasteiger partial charge in [-0.1, -0.05) is 26.7 Å². The van der Waals surface area contributed by atoms with Gasteiger partial charge in [-0.15, -0.1) is 0 Å². The van der Waals surface area contributed by atoms with Gasteiger partial charge in [-0.3, -0.25) is 9.59 Å². The van der Waals surface area contributed by atoms with E-state index in [4.69, 9.17) is 0 Å². The first kappa shape index (κ1) is 25.5. The van der Waals surface area contributed by atoms with Crippen LogP contribution in [0.5, 0.6) is 0 Å². The van der Waals surface area contributed by atoms with Gasteiger partial charge in [-0.2, -0.15) is 20.8 Å². The van der Waals surface area contributed by atoms with Crippen LogP contribution in [0.2, 0.25) is 0 Å². The van der Waals surface area contributed by atoms with E-state index < -0.39 is 11.1 Å². The molecule has 0 bridgehead atoms. The molecule has 2 N–H and O–H groups in total. The lowest BCUT2D eigenvalue weighted by atomic mass is 9.97. The van der Waals surface area contributed by atoms with Crippen LogP contribution in [-0.4, -0.2) is 36.0 Å². The summed E-state index contributed by atoms with van der Waals surface area (Å²) in [6.07, 6.45) is 4.56. The number of nitrogens with zero attached hydrogens (tertiary/aromatic N) is 4. The highest BCUT2D eigenvalue weighted by Crippen LogP contribution is 2.23. The van der Waals surface area contributed by atoms with Crippen molar-refractivity contribution in [2.45, 2.75) is 90.1 Å². The lowest BCUT2D eigenvalue weighted by molar-refractivity contribution is -0.122. The molecule has 0 aliphatic heterocycles. The Bertz CT molecular complexity index is 555. The van der Waals surface area contributed by atoms with Crippen molar-refractivity contribution in [2.24, 2.45) is 10.2 Å². The molecule has 0 aromatic heterocycles. The lowest BCUT2D eigenvalue weighted by Crippen LogP contribution is -2.30. The van der Waals surface area contributed by atoms with Gasteiger partial charge in [-0.05, 0) is 39.5 Å². The fraction of sp³-hybridized carbons (Fsp3) is 0.800. The van der Waals surface area contributed by atoms with Gasteiger partial charge in [0.1, 0.15) is 0 Å². The molecule has 0 spiro atoms. The predicted octanol–water partition coefficient (Wildman–Crippen LogP) is 3.40. The molecule has 0 aliphatic rings. The average Bonchev–Trinajstić information content (AvgIpc) is 2.69. The number of nitriles is 2. The van der Waals surface area contributed by atoms with Crippen LogP contribution in [0.25, 0.3) is 0 Å². The highest BCUT2D eigenvalue weighted by molar-refractivity contribution is 5.76. The first-order chi connectivity index (χ1) is 13.2. The zero-order valence-electron chi connectivity index (χ0n) is 17.7. The predicted molar refractivity (Wildman–Crippen MR) is 107 cm³/mol. The maximum absolute atomic E-state index is 11.8. The zero-order valence-corrected chi connectivity index (χ0v) is 17.7. The Kier molecular flexibility index (Phi) is 12.4. The summed E-state index contributed by atoms with van der Waals surface area (Å²) in [5.74, 6) is -0.256. The third-order valence-electron chi connectivity index (χ3n) is 4.36. The molecule has 8 heteroatoms. The Morgan fingerprint density at radius 3 is 1.46 bits per heavy atom. The molecule has 0 fully saturated rings. The minimum absolute atomic E-state index is 0.128. The fourth-order valence-electron chi connectivity index (χ4n) is 2.18. The van der Waals surface area contributed by atoms with Gasteiger partial charge in [0.2, 0.25) is 11.8 Å². The van der Waals surface area contributed by atoms with Crippen LogP contribution in [0.15, 0.2) is 10.2 Å². The summed E-state index contributed by atoms with van der Waals surface area (Å²) in [5, 5.41) is 32.6. The molecule has 2 unspecified atom stereocenters. The molecule has 0 aromatic rings. The number of hydrogen-bond donors (Lipinski definition) is 2. The Hall–Kier alpha value is -2.48. The van der Waals surface area contributed by atoms with E-state index in [9.17, 15) is 20.1 Å². The summed E-state index contributed by atoms with van der Waals surface area (Å²) < 4.78 is 0. The SMILES string of the molecule is CCCCNC(=O)CCC(C)(C#N)N=NC(C)(C#N)CCC(=O)NCCCC. The molecular formula is C20H34N6O2. The first-order valence-electron chi connectivity index (χ1n) is 10.0. The van der Waals surface area contributed by atoms with Crippen molar-refractivity contribution in [2.75, 3.05) is 13.1 Å². The van der Waals surface area contributed by atoms with Crippen molar-refractivity contribution in [3.63, 3.8) is 0 Å². The smallest absolute Gasteiger partial charge is 0.220 e. The Morgan fingerprint density at radius 1 is 0.821 bits per heavy atom. The number of azo groups is 1. The van der Waals surface area contributed by atoms with Crippen LogP contribution in [0, 0.1) is 22.7 Å². The molecule has 0 rings (SSSR count). The molecule has 0 aromatic carbocycles. The molecule has 2 atom stereocenters. The van der Waals surface area contributed by atoms with E-state index in [1.165, 1.54) is 0 Å². The molecule has 0 saturated carbocycles. The van der Waals surface area contributed by atoms with Crippen molar-refractivity contribution in [1.82, 2.24) is 10.6 Å². The molecule has 0 saturated heterocycles. The van der Waals surface area contributed by atoms with E-state index in [2.05, 4.69) is 33.0 Å². The highest BCUT2D eigenvalue weighted by Gasteiger charge is 2.29. The normalized spacial score (nSPS) is 15.1. The van der Waals surface area contributed by atoms with E-state index in [-0.39, 0.29) is 37.5 Å². The fourth-order valence-corrected chi connectivity index (χ4v) is 2.18. The van der Waals surface area contributed by atoms with Crippen LogP contribution in [0.4, 0.5) is 0 Å². The van der Waals surface area contributed by atoms with Crippen molar-refractivity contribution < 1.29 is 9.59 Å². The molecule has 0 heterocycles. The summed E-state index contributed by atoms with van der Waals surface area (Å²) in [4.78, 5) is 23.7. The monoisotopic (exact) mass is 390 g/mol. The van der Waals surface area contributed by atoms with Crippen LogP contribution in [-0.2, 0) is 9.59 Å². The number of amides is 2. The van der Waals surface area contributed by atoms with Crippen LogP contribution in [0.1, 0.15) is 79.1 Å². The number of carbonyl (C=O) groups is 2. The second-order valence-corrected chi connectivity index (χ2v) is 7.38. The van der Waals surface area contributed by atoms with Crippen LogP contribution < -0.4 is 10.6 Å². The number of hydrogen-bond acceptors (Lipinski definition) is 6. The van der Waals surface area contributed by atoms with E-state index in [0.717, 1.165) is 25.7 Å². The van der Waals surface area contributed by atoms with Crippen molar-refractivity contribution in [3.05, 3.63) is 0 Å². The van der Waals surface area contributed by atoms with Crippen molar-refractivity contribution in [1.29, 1.82) is 10.5 Å². The molecule has 28 heavy (non-hydrogen) atoms. The van der Waals surface area contributed by atoms with Gasteiger partial charge in [-0.25, -0.2) is 0 Å².